The van der Waals surface area contributed by atoms with Gasteiger partial charge >= 0.3 is 0 Å². The molecule has 4 heteroatoms. The Morgan fingerprint density at radius 1 is 1.33 bits per heavy atom. The Kier molecular flexibility index (Phi) is 2.52. The minimum Gasteiger partial charge on any atom is -0.396 e. The average Bonchev–Trinajstić information content (AvgIpc) is 2.52. The zero-order chi connectivity index (χ0) is 11.0. The van der Waals surface area contributed by atoms with Crippen molar-refractivity contribution in [1.82, 2.24) is 9.78 Å². The molecule has 0 atom stereocenters. The largest absolute Gasteiger partial charge is 0.396 e. The van der Waals surface area contributed by atoms with Gasteiger partial charge < -0.3 is 5.73 Å². The Morgan fingerprint density at radius 2 is 2.07 bits per heavy atom. The molecule has 1 heterocycles. The van der Waals surface area contributed by atoms with Gasteiger partial charge in [0.2, 0.25) is 0 Å². The van der Waals surface area contributed by atoms with Crippen LogP contribution in [0.5, 0.6) is 0 Å². The molecule has 1 aromatic carbocycles. The van der Waals surface area contributed by atoms with Crippen molar-refractivity contribution in [2.45, 2.75) is 13.8 Å². The minimum absolute atomic E-state index is 0.718. The maximum absolute atomic E-state index is 5.75. The molecular weight excluding hydrogens is 254 g/mol. The second-order valence-electron chi connectivity index (χ2n) is 3.55. The highest BCUT2D eigenvalue weighted by Gasteiger charge is 2.04. The van der Waals surface area contributed by atoms with Gasteiger partial charge in [-0.3, -0.25) is 0 Å². The van der Waals surface area contributed by atoms with E-state index in [1.165, 1.54) is 5.56 Å². The molecule has 0 aliphatic carbocycles. The van der Waals surface area contributed by atoms with Gasteiger partial charge in [-0.05, 0) is 37.6 Å². The Morgan fingerprint density at radius 3 is 2.60 bits per heavy atom. The number of nitrogens with two attached hydrogens (primary N) is 1. The molecule has 0 amide bonds. The fourth-order valence-corrected chi connectivity index (χ4v) is 1.62. The van der Waals surface area contributed by atoms with Crippen molar-refractivity contribution in [3.8, 4) is 5.69 Å². The van der Waals surface area contributed by atoms with Gasteiger partial charge in [0, 0.05) is 4.47 Å². The van der Waals surface area contributed by atoms with Gasteiger partial charge in [-0.1, -0.05) is 15.9 Å². The summed E-state index contributed by atoms with van der Waals surface area (Å²) >= 11 is 3.47. The van der Waals surface area contributed by atoms with E-state index in [0.717, 1.165) is 21.5 Å². The lowest BCUT2D eigenvalue weighted by atomic mass is 10.2. The average molecular weight is 266 g/mol. The molecule has 2 rings (SSSR count). The van der Waals surface area contributed by atoms with E-state index in [9.17, 15) is 0 Å². The van der Waals surface area contributed by atoms with Gasteiger partial charge in [0.25, 0.3) is 0 Å². The standard InChI is InChI=1S/C11H12BrN3/c1-7-5-9(3-4-10(7)12)15-6-11(13)8(2)14-15/h3-6H,13H2,1-2H3. The smallest absolute Gasteiger partial charge is 0.0827 e. The summed E-state index contributed by atoms with van der Waals surface area (Å²) in [5.74, 6) is 0. The van der Waals surface area contributed by atoms with E-state index in [-0.39, 0.29) is 0 Å². The lowest BCUT2D eigenvalue weighted by Gasteiger charge is -2.03. The molecular formula is C11H12BrN3. The third-order valence-corrected chi connectivity index (χ3v) is 3.23. The van der Waals surface area contributed by atoms with Crippen molar-refractivity contribution in [1.29, 1.82) is 0 Å². The van der Waals surface area contributed by atoms with Crippen LogP contribution in [0.3, 0.4) is 0 Å². The van der Waals surface area contributed by atoms with Crippen molar-refractivity contribution in [2.75, 3.05) is 5.73 Å². The number of benzene rings is 1. The molecule has 2 aromatic rings. The monoisotopic (exact) mass is 265 g/mol. The molecule has 0 aliphatic rings. The van der Waals surface area contributed by atoms with E-state index in [1.807, 2.05) is 32.2 Å². The molecule has 0 bridgehead atoms. The number of halogens is 1. The van der Waals surface area contributed by atoms with E-state index in [4.69, 9.17) is 5.73 Å². The summed E-state index contributed by atoms with van der Waals surface area (Å²) in [4.78, 5) is 0. The second kappa shape index (κ2) is 3.70. The van der Waals surface area contributed by atoms with E-state index in [1.54, 1.807) is 4.68 Å². The van der Waals surface area contributed by atoms with Crippen LogP contribution in [0.25, 0.3) is 5.69 Å². The Balaban J connectivity index is 2.49. The van der Waals surface area contributed by atoms with Crippen LogP contribution < -0.4 is 5.73 Å². The first-order chi connectivity index (χ1) is 7.08. The van der Waals surface area contributed by atoms with Gasteiger partial charge in [-0.15, -0.1) is 0 Å². The van der Waals surface area contributed by atoms with Crippen LogP contribution in [-0.2, 0) is 0 Å². The maximum atomic E-state index is 5.75. The third-order valence-electron chi connectivity index (χ3n) is 2.34. The van der Waals surface area contributed by atoms with Crippen LogP contribution in [0, 0.1) is 13.8 Å². The molecule has 0 spiro atoms. The first-order valence-electron chi connectivity index (χ1n) is 4.66. The first-order valence-corrected chi connectivity index (χ1v) is 5.45. The Labute approximate surface area is 97.0 Å². The molecule has 0 fully saturated rings. The molecule has 0 aliphatic heterocycles. The summed E-state index contributed by atoms with van der Waals surface area (Å²) in [6.45, 7) is 3.95. The van der Waals surface area contributed by atoms with Crippen molar-refractivity contribution in [2.24, 2.45) is 0 Å². The van der Waals surface area contributed by atoms with E-state index in [2.05, 4.69) is 27.1 Å². The molecule has 2 N–H and O–H groups in total. The fourth-order valence-electron chi connectivity index (χ4n) is 1.38. The van der Waals surface area contributed by atoms with Gasteiger partial charge in [0.15, 0.2) is 0 Å². The van der Waals surface area contributed by atoms with E-state index < -0.39 is 0 Å². The SMILES string of the molecule is Cc1cc(-n2cc(N)c(C)n2)ccc1Br. The molecule has 78 valence electrons. The van der Waals surface area contributed by atoms with Crippen LogP contribution in [0.4, 0.5) is 5.69 Å². The van der Waals surface area contributed by atoms with Crippen molar-refractivity contribution in [3.05, 3.63) is 40.1 Å². The van der Waals surface area contributed by atoms with Gasteiger partial charge in [0.05, 0.1) is 23.3 Å². The number of rotatable bonds is 1. The number of anilines is 1. The zero-order valence-electron chi connectivity index (χ0n) is 8.66. The lowest BCUT2D eigenvalue weighted by Crippen LogP contribution is -1.95. The normalized spacial score (nSPS) is 10.6. The summed E-state index contributed by atoms with van der Waals surface area (Å²) in [5.41, 5.74) is 9.53. The topological polar surface area (TPSA) is 43.8 Å². The quantitative estimate of drug-likeness (QED) is 0.862. The summed E-state index contributed by atoms with van der Waals surface area (Å²) in [6.07, 6.45) is 1.83. The minimum atomic E-state index is 0.718. The lowest BCUT2D eigenvalue weighted by molar-refractivity contribution is 0.861. The number of nitrogens with zero attached hydrogens (tertiary/aromatic N) is 2. The predicted octanol–water partition coefficient (Wildman–Crippen LogP) is 2.83. The van der Waals surface area contributed by atoms with Crippen LogP contribution in [0.15, 0.2) is 28.9 Å². The van der Waals surface area contributed by atoms with Gasteiger partial charge in [-0.25, -0.2) is 4.68 Å². The molecule has 0 unspecified atom stereocenters. The molecule has 15 heavy (non-hydrogen) atoms. The first kappa shape index (κ1) is 10.2. The molecule has 3 nitrogen and oxygen atoms in total. The Hall–Kier alpha value is -1.29. The number of aromatic nitrogens is 2. The number of hydrogen-bond donors (Lipinski definition) is 1. The van der Waals surface area contributed by atoms with Gasteiger partial charge in [-0.2, -0.15) is 5.10 Å². The summed E-state index contributed by atoms with van der Waals surface area (Å²) in [5, 5.41) is 4.33. The number of aryl methyl sites for hydroxylation is 2. The van der Waals surface area contributed by atoms with Crippen molar-refractivity contribution >= 4 is 21.6 Å². The predicted molar refractivity (Wildman–Crippen MR) is 65.2 cm³/mol. The third kappa shape index (κ3) is 1.90. The molecule has 1 aromatic heterocycles. The van der Waals surface area contributed by atoms with Gasteiger partial charge in [0.1, 0.15) is 0 Å². The highest BCUT2D eigenvalue weighted by Crippen LogP contribution is 2.20. The zero-order valence-corrected chi connectivity index (χ0v) is 10.2. The Bertz CT molecular complexity index is 483. The van der Waals surface area contributed by atoms with Crippen LogP contribution in [0.2, 0.25) is 0 Å². The van der Waals surface area contributed by atoms with E-state index >= 15 is 0 Å². The summed E-state index contributed by atoms with van der Waals surface area (Å²) < 4.78 is 2.90. The second-order valence-corrected chi connectivity index (χ2v) is 4.40. The van der Waals surface area contributed by atoms with Crippen LogP contribution in [-0.4, -0.2) is 9.78 Å². The number of nitrogen functional groups attached to an aromatic ring is 1. The van der Waals surface area contributed by atoms with E-state index in [0.29, 0.717) is 0 Å². The maximum Gasteiger partial charge on any atom is 0.0827 e. The van der Waals surface area contributed by atoms with Crippen LogP contribution >= 0.6 is 15.9 Å². The van der Waals surface area contributed by atoms with Crippen LogP contribution in [0.1, 0.15) is 11.3 Å². The highest BCUT2D eigenvalue weighted by molar-refractivity contribution is 9.10. The molecule has 0 radical (unpaired) electrons. The summed E-state index contributed by atoms with van der Waals surface area (Å²) in [7, 11) is 0. The van der Waals surface area contributed by atoms with Crippen molar-refractivity contribution in [3.63, 3.8) is 0 Å². The molecule has 0 saturated heterocycles. The fraction of sp³-hybridized carbons (Fsp3) is 0.182. The van der Waals surface area contributed by atoms with Crippen molar-refractivity contribution < 1.29 is 0 Å². The highest BCUT2D eigenvalue weighted by atomic mass is 79.9. The number of hydrogen-bond acceptors (Lipinski definition) is 2. The summed E-state index contributed by atoms with van der Waals surface area (Å²) in [6, 6.07) is 6.08. The molecule has 0 saturated carbocycles.